The van der Waals surface area contributed by atoms with Gasteiger partial charge in [0, 0.05) is 19.3 Å². The van der Waals surface area contributed by atoms with Crippen molar-refractivity contribution in [3.8, 4) is 11.8 Å². The van der Waals surface area contributed by atoms with Crippen molar-refractivity contribution in [1.29, 1.82) is 5.26 Å². The molecule has 0 radical (unpaired) electrons. The number of benzene rings is 1. The van der Waals surface area contributed by atoms with Crippen molar-refractivity contribution < 1.29 is 4.74 Å². The van der Waals surface area contributed by atoms with Crippen molar-refractivity contribution in [3.05, 3.63) is 23.8 Å². The third-order valence-corrected chi connectivity index (χ3v) is 4.17. The van der Waals surface area contributed by atoms with Crippen molar-refractivity contribution >= 4 is 5.69 Å². The molecule has 0 saturated heterocycles. The summed E-state index contributed by atoms with van der Waals surface area (Å²) in [5, 5.41) is 9.32. The first-order valence-electron chi connectivity index (χ1n) is 6.93. The summed E-state index contributed by atoms with van der Waals surface area (Å²) in [6.45, 7) is 2.95. The van der Waals surface area contributed by atoms with Gasteiger partial charge in [0.1, 0.15) is 5.75 Å². The Bertz CT molecular complexity index is 486. The van der Waals surface area contributed by atoms with Crippen LogP contribution in [-0.4, -0.2) is 20.7 Å². The van der Waals surface area contributed by atoms with Crippen LogP contribution in [0.3, 0.4) is 0 Å². The van der Waals surface area contributed by atoms with E-state index in [0.29, 0.717) is 0 Å². The number of aryl methyl sites for hydroxylation is 1. The number of nitriles is 1. The van der Waals surface area contributed by atoms with Crippen LogP contribution >= 0.6 is 0 Å². The van der Waals surface area contributed by atoms with Crippen LogP contribution in [0.15, 0.2) is 18.2 Å². The zero-order valence-electron chi connectivity index (χ0n) is 12.1. The lowest BCUT2D eigenvalue weighted by atomic mass is 9.69. The highest BCUT2D eigenvalue weighted by molar-refractivity contribution is 5.53. The fourth-order valence-electron chi connectivity index (χ4n) is 2.73. The van der Waals surface area contributed by atoms with Crippen LogP contribution < -0.4 is 9.64 Å². The van der Waals surface area contributed by atoms with Crippen LogP contribution in [-0.2, 0) is 6.42 Å². The van der Waals surface area contributed by atoms with Crippen molar-refractivity contribution in [2.45, 2.75) is 32.6 Å². The highest BCUT2D eigenvalue weighted by Crippen LogP contribution is 2.41. The zero-order chi connectivity index (χ0) is 13.9. The number of methoxy groups -OCH3 is 1. The molecule has 1 aromatic carbocycles. The minimum atomic E-state index is -0.124. The van der Waals surface area contributed by atoms with E-state index >= 15 is 0 Å². The highest BCUT2D eigenvalue weighted by Gasteiger charge is 2.38. The third-order valence-electron chi connectivity index (χ3n) is 4.17. The summed E-state index contributed by atoms with van der Waals surface area (Å²) < 4.78 is 5.35. The van der Waals surface area contributed by atoms with Crippen molar-refractivity contribution in [2.24, 2.45) is 5.41 Å². The molecule has 0 amide bonds. The Morgan fingerprint density at radius 2 is 2.16 bits per heavy atom. The topological polar surface area (TPSA) is 36.3 Å². The molecule has 2 rings (SSSR count). The molecular weight excluding hydrogens is 236 g/mol. The number of anilines is 1. The Morgan fingerprint density at radius 3 is 2.63 bits per heavy atom. The smallest absolute Gasteiger partial charge is 0.122 e. The quantitative estimate of drug-likeness (QED) is 0.812. The Hall–Kier alpha value is -1.69. The lowest BCUT2D eigenvalue weighted by molar-refractivity contribution is 0.223. The lowest BCUT2D eigenvalue weighted by Gasteiger charge is -2.39. The van der Waals surface area contributed by atoms with E-state index in [1.165, 1.54) is 17.7 Å². The molecule has 1 saturated carbocycles. The molecule has 0 aromatic heterocycles. The molecule has 102 valence electrons. The van der Waals surface area contributed by atoms with Gasteiger partial charge in [0.2, 0.25) is 0 Å². The molecular formula is C16H22N2O. The molecule has 0 aliphatic heterocycles. The third kappa shape index (κ3) is 2.68. The molecule has 3 heteroatoms. The van der Waals surface area contributed by atoms with E-state index in [0.717, 1.165) is 31.6 Å². The van der Waals surface area contributed by atoms with Gasteiger partial charge in [-0.1, -0.05) is 13.3 Å². The number of rotatable bonds is 5. The second-order valence-electron chi connectivity index (χ2n) is 5.45. The second kappa shape index (κ2) is 5.52. The Kier molecular flexibility index (Phi) is 3.99. The van der Waals surface area contributed by atoms with E-state index < -0.39 is 0 Å². The number of nitrogens with zero attached hydrogens (tertiary/aromatic N) is 2. The number of ether oxygens (including phenoxy) is 1. The highest BCUT2D eigenvalue weighted by atomic mass is 16.5. The monoisotopic (exact) mass is 258 g/mol. The summed E-state index contributed by atoms with van der Waals surface area (Å²) in [5.41, 5.74) is 2.26. The van der Waals surface area contributed by atoms with Gasteiger partial charge in [0.25, 0.3) is 0 Å². The maximum absolute atomic E-state index is 9.32. The van der Waals surface area contributed by atoms with Gasteiger partial charge in [-0.05, 0) is 43.0 Å². The van der Waals surface area contributed by atoms with E-state index in [9.17, 15) is 5.26 Å². The summed E-state index contributed by atoms with van der Waals surface area (Å²) in [6, 6.07) is 8.76. The van der Waals surface area contributed by atoms with Gasteiger partial charge in [-0.2, -0.15) is 5.26 Å². The van der Waals surface area contributed by atoms with Gasteiger partial charge in [-0.3, -0.25) is 0 Å². The molecule has 0 bridgehead atoms. The van der Waals surface area contributed by atoms with Gasteiger partial charge in [0.05, 0.1) is 18.6 Å². The van der Waals surface area contributed by atoms with E-state index in [1.54, 1.807) is 7.11 Å². The van der Waals surface area contributed by atoms with Crippen LogP contribution in [0.25, 0.3) is 0 Å². The molecule has 0 spiro atoms. The van der Waals surface area contributed by atoms with E-state index in [1.807, 2.05) is 6.07 Å². The van der Waals surface area contributed by atoms with E-state index in [-0.39, 0.29) is 5.41 Å². The Balaban J connectivity index is 2.15. The van der Waals surface area contributed by atoms with Gasteiger partial charge in [0.15, 0.2) is 0 Å². The van der Waals surface area contributed by atoms with Crippen LogP contribution in [0, 0.1) is 16.7 Å². The second-order valence-corrected chi connectivity index (χ2v) is 5.45. The normalized spacial score (nSPS) is 16.3. The number of hydrogen-bond acceptors (Lipinski definition) is 3. The van der Waals surface area contributed by atoms with Crippen LogP contribution in [0.5, 0.6) is 5.75 Å². The average molecular weight is 258 g/mol. The minimum Gasteiger partial charge on any atom is -0.496 e. The maximum Gasteiger partial charge on any atom is 0.122 e. The predicted molar refractivity (Wildman–Crippen MR) is 77.5 cm³/mol. The van der Waals surface area contributed by atoms with Gasteiger partial charge in [-0.15, -0.1) is 0 Å². The van der Waals surface area contributed by atoms with Crippen LogP contribution in [0.1, 0.15) is 31.7 Å². The minimum absolute atomic E-state index is 0.124. The molecule has 0 heterocycles. The van der Waals surface area contributed by atoms with Crippen molar-refractivity contribution in [1.82, 2.24) is 0 Å². The Labute approximate surface area is 115 Å². The molecule has 0 N–H and O–H groups in total. The largest absolute Gasteiger partial charge is 0.496 e. The first kappa shape index (κ1) is 13.7. The predicted octanol–water partition coefficient (Wildman–Crippen LogP) is 3.39. The average Bonchev–Trinajstić information content (AvgIpc) is 2.41. The first-order valence-corrected chi connectivity index (χ1v) is 6.93. The summed E-state index contributed by atoms with van der Waals surface area (Å²) >= 11 is 0. The van der Waals surface area contributed by atoms with Crippen molar-refractivity contribution in [3.63, 3.8) is 0 Å². The number of hydrogen-bond donors (Lipinski definition) is 0. The molecule has 1 aromatic rings. The summed E-state index contributed by atoms with van der Waals surface area (Å²) in [6.07, 6.45) is 4.20. The SMILES string of the molecule is CCc1cc(N(C)CC2(C#N)CCC2)ccc1OC. The Morgan fingerprint density at radius 1 is 1.42 bits per heavy atom. The molecule has 0 atom stereocenters. The summed E-state index contributed by atoms with van der Waals surface area (Å²) in [5.74, 6) is 0.943. The van der Waals surface area contributed by atoms with Gasteiger partial charge < -0.3 is 9.64 Å². The van der Waals surface area contributed by atoms with Crippen LogP contribution in [0.4, 0.5) is 5.69 Å². The fourth-order valence-corrected chi connectivity index (χ4v) is 2.73. The molecule has 19 heavy (non-hydrogen) atoms. The van der Waals surface area contributed by atoms with Gasteiger partial charge >= 0.3 is 0 Å². The molecule has 1 fully saturated rings. The standard InChI is InChI=1S/C16H22N2O/c1-4-13-10-14(6-7-15(13)19-3)18(2)12-16(11-17)8-5-9-16/h6-7,10H,4-5,8-9,12H2,1-3H3. The molecule has 1 aliphatic rings. The zero-order valence-corrected chi connectivity index (χ0v) is 12.1. The van der Waals surface area contributed by atoms with Gasteiger partial charge in [-0.25, -0.2) is 0 Å². The van der Waals surface area contributed by atoms with E-state index in [4.69, 9.17) is 4.74 Å². The lowest BCUT2D eigenvalue weighted by Crippen LogP contribution is -2.39. The van der Waals surface area contributed by atoms with Crippen LogP contribution in [0.2, 0.25) is 0 Å². The fraction of sp³-hybridized carbons (Fsp3) is 0.562. The maximum atomic E-state index is 9.32. The first-order chi connectivity index (χ1) is 9.14. The summed E-state index contributed by atoms with van der Waals surface area (Å²) in [4.78, 5) is 2.20. The molecule has 0 unspecified atom stereocenters. The summed E-state index contributed by atoms with van der Waals surface area (Å²) in [7, 11) is 3.77. The van der Waals surface area contributed by atoms with E-state index in [2.05, 4.69) is 37.1 Å². The van der Waals surface area contributed by atoms with Crippen molar-refractivity contribution in [2.75, 3.05) is 25.6 Å². The molecule has 1 aliphatic carbocycles. The molecule has 3 nitrogen and oxygen atoms in total.